The Morgan fingerprint density at radius 3 is 2.43 bits per heavy atom. The number of hydrogen-bond acceptors (Lipinski definition) is 5. The van der Waals surface area contributed by atoms with Crippen molar-refractivity contribution in [2.24, 2.45) is 11.8 Å². The van der Waals surface area contributed by atoms with Gasteiger partial charge in [-0.05, 0) is 29.9 Å². The van der Waals surface area contributed by atoms with Crippen LogP contribution >= 0.6 is 0 Å². The van der Waals surface area contributed by atoms with Crippen LogP contribution in [0, 0.1) is 23.5 Å². The fraction of sp³-hybridized carbons (Fsp3) is 0.556. The van der Waals surface area contributed by atoms with Gasteiger partial charge in [0.05, 0.1) is 30.3 Å². The van der Waals surface area contributed by atoms with Crippen LogP contribution in [-0.4, -0.2) is 51.1 Å². The largest absolute Gasteiger partial charge is 0.442 e. The predicted octanol–water partition coefficient (Wildman–Crippen LogP) is 1.57. The first kappa shape index (κ1) is 19.1. The number of hydrogen-bond donors (Lipinski definition) is 1. The molecule has 2 heterocycles. The van der Waals surface area contributed by atoms with E-state index in [4.69, 9.17) is 4.74 Å². The number of anilines is 1. The molecule has 1 aliphatic carbocycles. The maximum Gasteiger partial charge on any atom is 0.414 e. The summed E-state index contributed by atoms with van der Waals surface area (Å²) >= 11 is 0. The molecule has 10 heteroatoms. The minimum absolute atomic E-state index is 0.0338. The molecular formula is C18H20F2N2O5S. The zero-order valence-electron chi connectivity index (χ0n) is 15.2. The summed E-state index contributed by atoms with van der Waals surface area (Å²) in [6.07, 6.45) is -1.05. The molecule has 1 N–H and O–H groups in total. The van der Waals surface area contributed by atoms with E-state index in [1.807, 2.05) is 0 Å². The van der Waals surface area contributed by atoms with Gasteiger partial charge in [0.15, 0.2) is 9.84 Å². The molecule has 2 saturated heterocycles. The van der Waals surface area contributed by atoms with Crippen LogP contribution in [0.25, 0.3) is 0 Å². The number of cyclic esters (lactones) is 1. The highest BCUT2D eigenvalue weighted by molar-refractivity contribution is 7.91. The number of carbonyl (C=O) groups excluding carboxylic acids is 2. The van der Waals surface area contributed by atoms with Gasteiger partial charge in [-0.3, -0.25) is 9.69 Å². The minimum atomic E-state index is -3.10. The highest BCUT2D eigenvalue weighted by atomic mass is 32.2. The van der Waals surface area contributed by atoms with E-state index in [0.29, 0.717) is 6.42 Å². The number of amides is 2. The Morgan fingerprint density at radius 2 is 1.86 bits per heavy atom. The van der Waals surface area contributed by atoms with Gasteiger partial charge in [0, 0.05) is 12.0 Å². The van der Waals surface area contributed by atoms with Gasteiger partial charge in [0.25, 0.3) is 0 Å². The summed E-state index contributed by atoms with van der Waals surface area (Å²) in [5.74, 6) is -2.73. The average Bonchev–Trinajstić information content (AvgIpc) is 2.96. The van der Waals surface area contributed by atoms with Crippen LogP contribution in [0.4, 0.5) is 19.3 Å². The van der Waals surface area contributed by atoms with Crippen molar-refractivity contribution in [3.8, 4) is 0 Å². The summed E-state index contributed by atoms with van der Waals surface area (Å²) in [5, 5.41) is 2.61. The molecule has 4 atom stereocenters. The fourth-order valence-electron chi connectivity index (χ4n) is 4.22. The molecule has 1 aromatic carbocycles. The molecule has 3 aliphatic rings. The second-order valence-electron chi connectivity index (χ2n) is 7.53. The lowest BCUT2D eigenvalue weighted by Gasteiger charge is -2.16. The Balaban J connectivity index is 1.48. The monoisotopic (exact) mass is 414 g/mol. The van der Waals surface area contributed by atoms with Crippen LogP contribution in [-0.2, 0) is 19.4 Å². The van der Waals surface area contributed by atoms with E-state index >= 15 is 0 Å². The lowest BCUT2D eigenvalue weighted by molar-refractivity contribution is -0.121. The maximum absolute atomic E-state index is 14.7. The first-order chi connectivity index (χ1) is 13.2. The zero-order valence-corrected chi connectivity index (χ0v) is 16.0. The van der Waals surface area contributed by atoms with Crippen molar-refractivity contribution in [2.45, 2.75) is 25.4 Å². The maximum atomic E-state index is 14.7. The van der Waals surface area contributed by atoms with Crippen molar-refractivity contribution in [1.82, 2.24) is 5.32 Å². The number of nitrogens with one attached hydrogen (secondary N) is 1. The second kappa shape index (κ2) is 6.68. The molecule has 7 nitrogen and oxygen atoms in total. The van der Waals surface area contributed by atoms with E-state index in [1.165, 1.54) is 0 Å². The lowest BCUT2D eigenvalue weighted by atomic mass is 10.1. The van der Waals surface area contributed by atoms with Gasteiger partial charge in [-0.25, -0.2) is 22.0 Å². The smallest absolute Gasteiger partial charge is 0.414 e. The quantitative estimate of drug-likeness (QED) is 0.790. The van der Waals surface area contributed by atoms with Crippen LogP contribution in [0.3, 0.4) is 0 Å². The Kier molecular flexibility index (Phi) is 4.56. The number of halogens is 2. The Labute approximate surface area is 160 Å². The molecule has 2 aliphatic heterocycles. The van der Waals surface area contributed by atoms with Gasteiger partial charge in [-0.2, -0.15) is 0 Å². The second-order valence-corrected chi connectivity index (χ2v) is 9.68. The summed E-state index contributed by atoms with van der Waals surface area (Å²) in [4.78, 5) is 24.5. The van der Waals surface area contributed by atoms with E-state index in [-0.39, 0.29) is 53.6 Å². The third kappa shape index (κ3) is 3.34. The van der Waals surface area contributed by atoms with Crippen molar-refractivity contribution < 1.29 is 31.5 Å². The molecule has 1 saturated carbocycles. The summed E-state index contributed by atoms with van der Waals surface area (Å²) in [7, 11) is -3.10. The van der Waals surface area contributed by atoms with Crippen molar-refractivity contribution in [2.75, 3.05) is 29.5 Å². The van der Waals surface area contributed by atoms with Crippen molar-refractivity contribution in [1.29, 1.82) is 0 Å². The van der Waals surface area contributed by atoms with Crippen LogP contribution < -0.4 is 10.2 Å². The van der Waals surface area contributed by atoms with E-state index in [0.717, 1.165) is 17.0 Å². The third-order valence-electron chi connectivity index (χ3n) is 5.66. The van der Waals surface area contributed by atoms with Gasteiger partial charge in [0.2, 0.25) is 5.91 Å². The van der Waals surface area contributed by atoms with Crippen molar-refractivity contribution in [3.63, 3.8) is 0 Å². The first-order valence-electron chi connectivity index (χ1n) is 9.14. The Hall–Kier alpha value is -2.23. The highest BCUT2D eigenvalue weighted by Gasteiger charge is 2.60. The third-order valence-corrected chi connectivity index (χ3v) is 7.44. The number of fused-ring (bicyclic) bond motifs is 1. The van der Waals surface area contributed by atoms with Gasteiger partial charge in [-0.15, -0.1) is 0 Å². The van der Waals surface area contributed by atoms with Crippen LogP contribution in [0.2, 0.25) is 0 Å². The van der Waals surface area contributed by atoms with Gasteiger partial charge < -0.3 is 10.1 Å². The molecule has 0 spiro atoms. The number of benzene rings is 1. The first-order valence-corrected chi connectivity index (χ1v) is 11.0. The van der Waals surface area contributed by atoms with Gasteiger partial charge >= 0.3 is 6.09 Å². The molecule has 1 aromatic rings. The molecule has 0 radical (unpaired) electrons. The van der Waals surface area contributed by atoms with Crippen molar-refractivity contribution >= 4 is 27.5 Å². The molecule has 0 aromatic heterocycles. The summed E-state index contributed by atoms with van der Waals surface area (Å²) in [5.41, 5.74) is -0.0699. The van der Waals surface area contributed by atoms with Gasteiger partial charge in [-0.1, -0.05) is 6.92 Å². The predicted molar refractivity (Wildman–Crippen MR) is 95.6 cm³/mol. The van der Waals surface area contributed by atoms with Crippen molar-refractivity contribution in [3.05, 3.63) is 29.3 Å². The van der Waals surface area contributed by atoms with E-state index in [9.17, 15) is 26.8 Å². The van der Waals surface area contributed by atoms with E-state index in [2.05, 4.69) is 5.32 Å². The standard InChI is InChI=1S/C18H20F2N2O5S/c1-2-15(23)21-5-10-6-22(18(24)27-10)9-3-13(19)17(14(20)4-9)16-11-7-28(25,26)8-12(11)16/h3-4,10-12,16H,2,5-8H2,1H3,(H,21,23)/t10-,11-,12+,16+/m0/s1. The lowest BCUT2D eigenvalue weighted by Crippen LogP contribution is -2.34. The number of nitrogens with zero attached hydrogens (tertiary/aromatic N) is 1. The summed E-state index contributed by atoms with van der Waals surface area (Å²) in [6.45, 7) is 1.88. The average molecular weight is 414 g/mol. The number of ether oxygens (including phenoxy) is 1. The normalized spacial score (nSPS) is 30.1. The van der Waals surface area contributed by atoms with Gasteiger partial charge in [0.1, 0.15) is 17.7 Å². The molecule has 152 valence electrons. The van der Waals surface area contributed by atoms with Crippen LogP contribution in [0.5, 0.6) is 0 Å². The SMILES string of the molecule is CCC(=O)NC[C@H]1CN(c2cc(F)c([C@H]3[C@@H]4CS(=O)(=O)C[C@@H]43)c(F)c2)C(=O)O1. The topological polar surface area (TPSA) is 92.8 Å². The Morgan fingerprint density at radius 1 is 1.25 bits per heavy atom. The Bertz CT molecular complexity index is 910. The summed E-state index contributed by atoms with van der Waals surface area (Å²) < 4.78 is 57.6. The molecule has 0 unspecified atom stereocenters. The highest BCUT2D eigenvalue weighted by Crippen LogP contribution is 2.60. The van der Waals surface area contributed by atoms with Crippen LogP contribution in [0.1, 0.15) is 24.8 Å². The zero-order chi connectivity index (χ0) is 20.2. The van der Waals surface area contributed by atoms with Crippen LogP contribution in [0.15, 0.2) is 12.1 Å². The van der Waals surface area contributed by atoms with E-state index < -0.39 is 39.6 Å². The molecule has 4 rings (SSSR count). The number of carbonyl (C=O) groups is 2. The molecular weight excluding hydrogens is 394 g/mol. The number of rotatable bonds is 5. The molecule has 2 amide bonds. The number of sulfone groups is 1. The fourth-order valence-corrected chi connectivity index (χ4v) is 6.44. The van der Waals surface area contributed by atoms with E-state index in [1.54, 1.807) is 6.92 Å². The minimum Gasteiger partial charge on any atom is -0.442 e. The summed E-state index contributed by atoms with van der Waals surface area (Å²) in [6, 6.07) is 2.16. The molecule has 28 heavy (non-hydrogen) atoms. The molecule has 3 fully saturated rings. The molecule has 0 bridgehead atoms.